The predicted molar refractivity (Wildman–Crippen MR) is 117 cm³/mol. The molecular formula is C21H15ClF2N4O3S. The smallest absolute Gasteiger partial charge is 0.257 e. The Balaban J connectivity index is 1.58. The number of nitrogens with one attached hydrogen (secondary N) is 3. The summed E-state index contributed by atoms with van der Waals surface area (Å²) in [6.45, 7) is 0. The molecule has 11 heteroatoms. The fourth-order valence-electron chi connectivity index (χ4n) is 3.23. The van der Waals surface area contributed by atoms with Gasteiger partial charge in [-0.1, -0.05) is 35.5 Å². The number of benzene rings is 2. The summed E-state index contributed by atoms with van der Waals surface area (Å²) < 4.78 is 27.0. The molecule has 2 amide bonds. The van der Waals surface area contributed by atoms with Crippen molar-refractivity contribution in [3.63, 3.8) is 0 Å². The standard InChI is InChI=1S/C21H15ClF2N4O3S/c22-11-3-1-2-10(6-11)9-32-21-27-18-17(20(31)28-21)13(8-16(29)26-18)19(30)25-15-5-4-12(23)7-14(15)24/h1-7,13H,8-9H2,(H,25,30)(H2,26,27,28,29,31)/t13-/m0/s1. The van der Waals surface area contributed by atoms with Crippen molar-refractivity contribution < 1.29 is 18.4 Å². The van der Waals surface area contributed by atoms with Crippen LogP contribution in [-0.4, -0.2) is 21.8 Å². The number of aromatic nitrogens is 2. The molecule has 32 heavy (non-hydrogen) atoms. The number of fused-ring (bicyclic) bond motifs is 1. The summed E-state index contributed by atoms with van der Waals surface area (Å²) in [6, 6.07) is 9.85. The van der Waals surface area contributed by atoms with E-state index in [1.165, 1.54) is 11.8 Å². The molecule has 1 aliphatic rings. The van der Waals surface area contributed by atoms with Gasteiger partial charge in [-0.25, -0.2) is 13.8 Å². The van der Waals surface area contributed by atoms with E-state index < -0.39 is 34.9 Å². The monoisotopic (exact) mass is 476 g/mol. The Morgan fingerprint density at radius 2 is 2.03 bits per heavy atom. The van der Waals surface area contributed by atoms with Gasteiger partial charge in [0.1, 0.15) is 17.5 Å². The number of nitrogens with zero attached hydrogens (tertiary/aromatic N) is 1. The number of aromatic amines is 1. The highest BCUT2D eigenvalue weighted by atomic mass is 35.5. The maximum absolute atomic E-state index is 13.9. The van der Waals surface area contributed by atoms with Crippen molar-refractivity contribution in [3.05, 3.63) is 80.6 Å². The van der Waals surface area contributed by atoms with Crippen LogP contribution in [0.4, 0.5) is 20.3 Å². The molecule has 7 nitrogen and oxygen atoms in total. The molecule has 0 fully saturated rings. The summed E-state index contributed by atoms with van der Waals surface area (Å²) in [7, 11) is 0. The zero-order valence-corrected chi connectivity index (χ0v) is 17.8. The van der Waals surface area contributed by atoms with Crippen LogP contribution in [0.1, 0.15) is 23.5 Å². The number of anilines is 2. The molecule has 0 saturated carbocycles. The van der Waals surface area contributed by atoms with E-state index in [2.05, 4.69) is 20.6 Å². The van der Waals surface area contributed by atoms with E-state index in [4.69, 9.17) is 11.6 Å². The van der Waals surface area contributed by atoms with Crippen LogP contribution in [-0.2, 0) is 15.3 Å². The minimum absolute atomic E-state index is 0.0293. The van der Waals surface area contributed by atoms with Crippen molar-refractivity contribution in [1.82, 2.24) is 9.97 Å². The minimum Gasteiger partial charge on any atom is -0.323 e. The van der Waals surface area contributed by atoms with Crippen LogP contribution in [0.3, 0.4) is 0 Å². The molecule has 1 aliphatic heterocycles. The summed E-state index contributed by atoms with van der Waals surface area (Å²) in [6.07, 6.45) is -0.318. The van der Waals surface area contributed by atoms with Gasteiger partial charge in [0.25, 0.3) is 5.56 Å². The first kappa shape index (κ1) is 22.0. The summed E-state index contributed by atoms with van der Waals surface area (Å²) in [5.41, 5.74) is 0.0209. The van der Waals surface area contributed by atoms with Crippen LogP contribution in [0.25, 0.3) is 0 Å². The van der Waals surface area contributed by atoms with Crippen molar-refractivity contribution in [1.29, 1.82) is 0 Å². The quantitative estimate of drug-likeness (QED) is 0.380. The largest absolute Gasteiger partial charge is 0.323 e. The number of thioether (sulfide) groups is 1. The molecule has 3 N–H and O–H groups in total. The normalized spacial score (nSPS) is 15.1. The molecular weight excluding hydrogens is 462 g/mol. The zero-order valence-electron chi connectivity index (χ0n) is 16.2. The fourth-order valence-corrected chi connectivity index (χ4v) is 4.25. The second kappa shape index (κ2) is 9.09. The number of hydrogen-bond donors (Lipinski definition) is 3. The van der Waals surface area contributed by atoms with Crippen LogP contribution in [0.5, 0.6) is 0 Å². The topological polar surface area (TPSA) is 104 Å². The van der Waals surface area contributed by atoms with E-state index in [1.807, 2.05) is 6.07 Å². The highest BCUT2D eigenvalue weighted by Crippen LogP contribution is 2.31. The number of hydrogen-bond acceptors (Lipinski definition) is 5. The van der Waals surface area contributed by atoms with Gasteiger partial charge in [0.2, 0.25) is 11.8 Å². The molecule has 0 unspecified atom stereocenters. The highest BCUT2D eigenvalue weighted by molar-refractivity contribution is 7.98. The molecule has 1 aromatic heterocycles. The molecule has 0 radical (unpaired) electrons. The first-order valence-corrected chi connectivity index (χ1v) is 10.7. The molecule has 3 aromatic rings. The van der Waals surface area contributed by atoms with Gasteiger partial charge in [0, 0.05) is 23.3 Å². The molecule has 0 saturated heterocycles. The summed E-state index contributed by atoms with van der Waals surface area (Å²) >= 11 is 7.20. The number of halogens is 3. The van der Waals surface area contributed by atoms with Gasteiger partial charge in [-0.15, -0.1) is 0 Å². The van der Waals surface area contributed by atoms with Gasteiger partial charge >= 0.3 is 0 Å². The molecule has 2 aromatic carbocycles. The molecule has 2 heterocycles. The van der Waals surface area contributed by atoms with Crippen LogP contribution < -0.4 is 16.2 Å². The van der Waals surface area contributed by atoms with E-state index in [-0.39, 0.29) is 28.6 Å². The van der Waals surface area contributed by atoms with Crippen LogP contribution in [0.2, 0.25) is 5.02 Å². The van der Waals surface area contributed by atoms with Crippen molar-refractivity contribution >= 4 is 46.7 Å². The van der Waals surface area contributed by atoms with E-state index in [1.54, 1.807) is 18.2 Å². The molecule has 1 atom stereocenters. The second-order valence-corrected chi connectivity index (χ2v) is 8.37. The lowest BCUT2D eigenvalue weighted by Crippen LogP contribution is -2.36. The SMILES string of the molecule is O=C1C[C@H](C(=O)Nc2ccc(F)cc2F)c2c(nc(SCc3cccc(Cl)c3)[nH]c2=O)N1. The number of H-pyrrole nitrogens is 1. The Morgan fingerprint density at radius 1 is 1.22 bits per heavy atom. The molecule has 0 aliphatic carbocycles. The first-order valence-electron chi connectivity index (χ1n) is 9.37. The molecule has 164 valence electrons. The van der Waals surface area contributed by atoms with Crippen LogP contribution >= 0.6 is 23.4 Å². The molecule has 0 spiro atoms. The van der Waals surface area contributed by atoms with Crippen molar-refractivity contribution in [3.8, 4) is 0 Å². The second-order valence-electron chi connectivity index (χ2n) is 6.97. The fraction of sp³-hybridized carbons (Fsp3) is 0.143. The van der Waals surface area contributed by atoms with Crippen LogP contribution in [0.15, 0.2) is 52.4 Å². The average molecular weight is 477 g/mol. The third-order valence-corrected chi connectivity index (χ3v) is 5.88. The van der Waals surface area contributed by atoms with Crippen LogP contribution in [0, 0.1) is 11.6 Å². The Morgan fingerprint density at radius 3 is 2.78 bits per heavy atom. The lowest BCUT2D eigenvalue weighted by Gasteiger charge is -2.23. The van der Waals surface area contributed by atoms with Crippen molar-refractivity contribution in [2.24, 2.45) is 0 Å². The summed E-state index contributed by atoms with van der Waals surface area (Å²) in [5.74, 6) is -3.82. The third kappa shape index (κ3) is 4.81. The maximum Gasteiger partial charge on any atom is 0.257 e. The third-order valence-electron chi connectivity index (χ3n) is 4.70. The van der Waals surface area contributed by atoms with Gasteiger partial charge in [0.15, 0.2) is 5.16 Å². The van der Waals surface area contributed by atoms with E-state index in [9.17, 15) is 23.2 Å². The Hall–Kier alpha value is -3.24. The summed E-state index contributed by atoms with van der Waals surface area (Å²) in [5, 5.41) is 5.64. The number of rotatable bonds is 5. The lowest BCUT2D eigenvalue weighted by atomic mass is 9.92. The zero-order chi connectivity index (χ0) is 22.8. The maximum atomic E-state index is 13.9. The number of carbonyl (C=O) groups excluding carboxylic acids is 2. The Bertz CT molecular complexity index is 1280. The van der Waals surface area contributed by atoms with Gasteiger partial charge < -0.3 is 15.6 Å². The van der Waals surface area contributed by atoms with E-state index >= 15 is 0 Å². The minimum atomic E-state index is -1.19. The van der Waals surface area contributed by atoms with Gasteiger partial charge in [0.05, 0.1) is 17.2 Å². The Labute approximate surface area is 189 Å². The average Bonchev–Trinajstić information content (AvgIpc) is 2.73. The summed E-state index contributed by atoms with van der Waals surface area (Å²) in [4.78, 5) is 44.5. The Kier molecular flexibility index (Phi) is 6.24. The van der Waals surface area contributed by atoms with E-state index in [0.29, 0.717) is 16.8 Å². The predicted octanol–water partition coefficient (Wildman–Crippen LogP) is 4.06. The molecule has 0 bridgehead atoms. The van der Waals surface area contributed by atoms with Gasteiger partial charge in [-0.2, -0.15) is 0 Å². The highest BCUT2D eigenvalue weighted by Gasteiger charge is 2.35. The van der Waals surface area contributed by atoms with Gasteiger partial charge in [-0.3, -0.25) is 14.4 Å². The number of amides is 2. The lowest BCUT2D eigenvalue weighted by molar-refractivity contribution is -0.123. The van der Waals surface area contributed by atoms with E-state index in [0.717, 1.165) is 17.7 Å². The van der Waals surface area contributed by atoms with Crippen molar-refractivity contribution in [2.75, 3.05) is 10.6 Å². The number of carbonyl (C=O) groups is 2. The molecule has 4 rings (SSSR count). The van der Waals surface area contributed by atoms with Gasteiger partial charge in [-0.05, 0) is 29.8 Å². The first-order chi connectivity index (χ1) is 15.3. The van der Waals surface area contributed by atoms with Crippen molar-refractivity contribution in [2.45, 2.75) is 23.2 Å².